The lowest BCUT2D eigenvalue weighted by molar-refractivity contribution is -0.147. The van der Waals surface area contributed by atoms with Crippen LogP contribution in [0.4, 0.5) is 20.3 Å². The van der Waals surface area contributed by atoms with Gasteiger partial charge in [0.15, 0.2) is 17.2 Å². The largest absolute Gasteiger partial charge is 0.491 e. The molecule has 4 N–H and O–H groups in total. The van der Waals surface area contributed by atoms with Crippen molar-refractivity contribution in [2.75, 3.05) is 96.9 Å². The Morgan fingerprint density at radius 3 is 2.28 bits per heavy atom. The van der Waals surface area contributed by atoms with Crippen molar-refractivity contribution >= 4 is 35.0 Å². The molecule has 6 aromatic rings. The summed E-state index contributed by atoms with van der Waals surface area (Å²) in [4.78, 5) is 65.2. The maximum absolute atomic E-state index is 14.6. The van der Waals surface area contributed by atoms with Gasteiger partial charge in [-0.05, 0) is 114 Å². The molecule has 4 heterocycles. The summed E-state index contributed by atoms with van der Waals surface area (Å²) in [6.07, 6.45) is 7.23. The minimum Gasteiger partial charge on any atom is -0.491 e. The van der Waals surface area contributed by atoms with E-state index in [1.807, 2.05) is 63.2 Å². The van der Waals surface area contributed by atoms with Gasteiger partial charge >= 0.3 is 0 Å². The number of aromatic nitrogens is 4. The minimum absolute atomic E-state index is 0.0182. The number of rotatable bonds is 33. The van der Waals surface area contributed by atoms with Gasteiger partial charge in [-0.3, -0.25) is 19.2 Å². The fraction of sp³-hybridized carbons (Fsp3) is 0.484. The number of ether oxygens (including phenoxy) is 6. The van der Waals surface area contributed by atoms with Crippen LogP contribution < -0.4 is 26.0 Å². The summed E-state index contributed by atoms with van der Waals surface area (Å²) in [7, 11) is 1.43. The standard InChI is InChI=1S/C64H79F2N9O11/c1-64(2,3)59(72-57(77)41-80-4)63(79)74-38-48-32-50(19-16-45(48)33-54(74)55(76)34-46-10-7-9-44-8-5-6-11-51(44)46)85-31-30-84-29-28-83-27-26-82-25-24-81-23-22-67-36-42-14-17-49(18-15-42)75-39-52(58(73-75)60(65)66)70-61(78)53-40-86-62(71-53)47-20-21-68-56(35-47)69-37-43-12-13-43/h5-6,8,11,14-21,32,35,39-40,43,46,54,59-60,67H,7,9-10,12-13,22-31,33-34,36-38,41H2,1-4H3,(H,68,69)(H,70,78)(H,72,77)/t46-,54?,59+/m0/s1. The number of amides is 3. The molecular formula is C64H79F2N9O11. The van der Waals surface area contributed by atoms with Crippen LogP contribution in [0.2, 0.25) is 0 Å². The van der Waals surface area contributed by atoms with Crippen LogP contribution in [0.25, 0.3) is 17.1 Å². The number of methoxy groups -OCH3 is 1. The smallest absolute Gasteiger partial charge is 0.284 e. The van der Waals surface area contributed by atoms with Gasteiger partial charge in [-0.2, -0.15) is 5.10 Å². The number of pyridine rings is 1. The number of nitrogens with zero attached hydrogens (tertiary/aromatic N) is 5. The third kappa shape index (κ3) is 17.8. The molecule has 1 saturated carbocycles. The Labute approximate surface area is 500 Å². The van der Waals surface area contributed by atoms with E-state index in [-0.39, 0.29) is 48.0 Å². The highest BCUT2D eigenvalue weighted by molar-refractivity contribution is 6.03. The van der Waals surface area contributed by atoms with Crippen LogP contribution in [0.3, 0.4) is 0 Å². The van der Waals surface area contributed by atoms with E-state index in [2.05, 4.69) is 48.5 Å². The van der Waals surface area contributed by atoms with Gasteiger partial charge in [-0.25, -0.2) is 23.4 Å². The molecule has 3 aromatic heterocycles. The molecule has 9 rings (SSSR count). The first-order valence-electron chi connectivity index (χ1n) is 29.6. The molecule has 20 nitrogen and oxygen atoms in total. The Hall–Kier alpha value is -7.47. The van der Waals surface area contributed by atoms with Crippen molar-refractivity contribution in [3.8, 4) is 22.9 Å². The number of oxazole rings is 1. The van der Waals surface area contributed by atoms with E-state index in [1.165, 1.54) is 48.2 Å². The lowest BCUT2D eigenvalue weighted by Gasteiger charge is -2.41. The highest BCUT2D eigenvalue weighted by Gasteiger charge is 2.43. The monoisotopic (exact) mass is 1190 g/mol. The summed E-state index contributed by atoms with van der Waals surface area (Å²) in [6, 6.07) is 23.3. The van der Waals surface area contributed by atoms with Crippen molar-refractivity contribution in [1.82, 2.24) is 35.3 Å². The first kappa shape index (κ1) is 63.0. The summed E-state index contributed by atoms with van der Waals surface area (Å²) < 4.78 is 69.0. The highest BCUT2D eigenvalue weighted by atomic mass is 19.3. The Kier molecular flexibility index (Phi) is 22.5. The van der Waals surface area contributed by atoms with E-state index in [4.69, 9.17) is 32.8 Å². The van der Waals surface area contributed by atoms with E-state index >= 15 is 0 Å². The number of anilines is 2. The van der Waals surface area contributed by atoms with Crippen molar-refractivity contribution in [2.24, 2.45) is 11.3 Å². The van der Waals surface area contributed by atoms with Gasteiger partial charge in [0.2, 0.25) is 17.7 Å². The van der Waals surface area contributed by atoms with Crippen molar-refractivity contribution in [1.29, 1.82) is 0 Å². The number of benzene rings is 3. The first-order valence-corrected chi connectivity index (χ1v) is 29.6. The van der Waals surface area contributed by atoms with E-state index in [9.17, 15) is 28.0 Å². The number of carbonyl (C=O) groups excluding carboxylic acids is 4. The second kappa shape index (κ2) is 30.7. The second-order valence-corrected chi connectivity index (χ2v) is 22.9. The molecule has 1 fully saturated rings. The molecule has 3 amide bonds. The topological polar surface area (TPSA) is 232 Å². The molecule has 3 aromatic carbocycles. The van der Waals surface area contributed by atoms with Crippen LogP contribution in [0, 0.1) is 11.3 Å². The molecule has 0 spiro atoms. The number of alkyl halides is 2. The number of carbonyl (C=O) groups is 4. The number of halogens is 2. The van der Waals surface area contributed by atoms with E-state index in [0.717, 1.165) is 42.5 Å². The Morgan fingerprint density at radius 2 is 1.56 bits per heavy atom. The molecular weight excluding hydrogens is 1110 g/mol. The third-order valence-corrected chi connectivity index (χ3v) is 15.4. The summed E-state index contributed by atoms with van der Waals surface area (Å²) >= 11 is 0. The Bertz CT molecular complexity index is 3200. The maximum Gasteiger partial charge on any atom is 0.284 e. The first-order chi connectivity index (χ1) is 41.7. The molecule has 0 radical (unpaired) electrons. The SMILES string of the molecule is COCC(=O)N[C@H](C(=O)N1Cc2cc(OCCOCCOCCOCCOCCNCc3ccc(-n4cc(NC(=O)c5coc(-c6ccnc(NCC7CC7)c6)n5)c(C(F)F)n4)cc3)ccc2CC1C(=O)C[C@@H]1CCCc2ccccc21)C(C)(C)C. The van der Waals surface area contributed by atoms with E-state index in [0.29, 0.717) is 114 Å². The lowest BCUT2D eigenvalue weighted by atomic mass is 9.78. The number of hydrogen-bond donors (Lipinski definition) is 4. The van der Waals surface area contributed by atoms with E-state index in [1.54, 1.807) is 35.4 Å². The normalized spacial score (nSPS) is 16.1. The van der Waals surface area contributed by atoms with Gasteiger partial charge in [0.1, 0.15) is 37.1 Å². The van der Waals surface area contributed by atoms with Crippen LogP contribution in [0.1, 0.15) is 109 Å². The lowest BCUT2D eigenvalue weighted by Crippen LogP contribution is -2.59. The van der Waals surface area contributed by atoms with Gasteiger partial charge in [-0.15, -0.1) is 0 Å². The van der Waals surface area contributed by atoms with Gasteiger partial charge in [0, 0.05) is 57.9 Å². The molecule has 3 aliphatic rings. The quantitative estimate of drug-likeness (QED) is 0.0282. The Balaban J connectivity index is 0.625. The number of nitrogens with one attached hydrogen (secondary N) is 4. The van der Waals surface area contributed by atoms with Crippen molar-refractivity contribution in [3.05, 3.63) is 137 Å². The number of hydrogen-bond acceptors (Lipinski definition) is 16. The van der Waals surface area contributed by atoms with Crippen molar-refractivity contribution in [3.63, 3.8) is 0 Å². The van der Waals surface area contributed by atoms with Crippen LogP contribution in [0.5, 0.6) is 5.75 Å². The summed E-state index contributed by atoms with van der Waals surface area (Å²) in [5.74, 6) is 0.826. The molecule has 0 bridgehead atoms. The predicted octanol–water partition coefficient (Wildman–Crippen LogP) is 8.68. The second-order valence-electron chi connectivity index (χ2n) is 22.9. The molecule has 22 heteroatoms. The molecule has 3 atom stereocenters. The zero-order chi connectivity index (χ0) is 60.4. The van der Waals surface area contributed by atoms with Gasteiger partial charge in [0.25, 0.3) is 12.3 Å². The zero-order valence-electron chi connectivity index (χ0n) is 49.5. The summed E-state index contributed by atoms with van der Waals surface area (Å²) in [5, 5.41) is 16.1. The molecule has 86 heavy (non-hydrogen) atoms. The van der Waals surface area contributed by atoms with Gasteiger partial charge < -0.3 is 59.0 Å². The molecule has 0 saturated heterocycles. The van der Waals surface area contributed by atoms with Crippen molar-refractivity contribution < 1.29 is 60.8 Å². The molecule has 2 aliphatic carbocycles. The van der Waals surface area contributed by atoms with Crippen LogP contribution in [-0.4, -0.2) is 147 Å². The fourth-order valence-corrected chi connectivity index (χ4v) is 10.6. The maximum atomic E-state index is 14.6. The fourth-order valence-electron chi connectivity index (χ4n) is 10.6. The predicted molar refractivity (Wildman–Crippen MR) is 317 cm³/mol. The highest BCUT2D eigenvalue weighted by Crippen LogP contribution is 2.37. The summed E-state index contributed by atoms with van der Waals surface area (Å²) in [5.41, 5.74) is 5.04. The molecule has 1 aliphatic heterocycles. The van der Waals surface area contributed by atoms with Gasteiger partial charge in [-0.1, -0.05) is 63.2 Å². The average Bonchev–Trinajstić information content (AvgIpc) is 2.70. The van der Waals surface area contributed by atoms with Crippen molar-refractivity contribution in [2.45, 2.75) is 103 Å². The number of fused-ring (bicyclic) bond motifs is 2. The van der Waals surface area contributed by atoms with Crippen LogP contribution >= 0.6 is 0 Å². The summed E-state index contributed by atoms with van der Waals surface area (Å²) in [6.45, 7) is 11.2. The number of Topliss-reactive ketones (excluding diaryl/α,β-unsaturated/α-hetero) is 1. The third-order valence-electron chi connectivity index (χ3n) is 15.4. The molecule has 460 valence electrons. The van der Waals surface area contributed by atoms with Crippen LogP contribution in [0.15, 0.2) is 102 Å². The zero-order valence-corrected chi connectivity index (χ0v) is 49.5. The minimum atomic E-state index is -2.94. The number of ketones is 1. The van der Waals surface area contributed by atoms with E-state index < -0.39 is 41.4 Å². The number of aryl methyl sites for hydroxylation is 1. The molecule has 1 unspecified atom stereocenters. The van der Waals surface area contributed by atoms with Crippen LogP contribution in [-0.2, 0) is 64.0 Å². The Morgan fingerprint density at radius 1 is 0.826 bits per heavy atom. The van der Waals surface area contributed by atoms with Gasteiger partial charge in [0.05, 0.1) is 76.5 Å². The average molecular weight is 1190 g/mol.